The largest absolute Gasteiger partial charge is 0.493 e. The van der Waals surface area contributed by atoms with Crippen LogP contribution in [0.15, 0.2) is 18.2 Å². The van der Waals surface area contributed by atoms with Crippen LogP contribution in [-0.4, -0.2) is 48.5 Å². The molecule has 0 heterocycles. The monoisotopic (exact) mass is 546 g/mol. The smallest absolute Gasteiger partial charge is 0.303 e. The van der Waals surface area contributed by atoms with E-state index < -0.39 is 5.97 Å². The Morgan fingerprint density at radius 2 is 1.33 bits per heavy atom. The maximum absolute atomic E-state index is 12.3. The molecule has 2 N–H and O–H groups in total. The topological polar surface area (TPSA) is 95.9 Å². The van der Waals surface area contributed by atoms with Crippen molar-refractivity contribution in [1.29, 1.82) is 0 Å². The quantitative estimate of drug-likeness (QED) is 0.129. The number of carboxylic acids is 1. The Morgan fingerprint density at radius 3 is 1.87 bits per heavy atom. The van der Waals surface area contributed by atoms with Crippen LogP contribution in [0.25, 0.3) is 0 Å². The number of hydrogen-bond acceptors (Lipinski definition) is 4. The lowest BCUT2D eigenvalue weighted by molar-refractivity contribution is -0.137. The first-order chi connectivity index (χ1) is 18.8. The first-order valence-electron chi connectivity index (χ1n) is 15.3. The number of ether oxygens (including phenoxy) is 1. The number of anilines is 1. The maximum atomic E-state index is 12.3. The fraction of sp³-hybridized carbons (Fsp3) is 0.719. The van der Waals surface area contributed by atoms with Gasteiger partial charge < -0.3 is 20.1 Å². The van der Waals surface area contributed by atoms with Crippen molar-refractivity contribution in [2.45, 2.75) is 129 Å². The average molecular weight is 547 g/mol. The molecule has 0 saturated heterocycles. The zero-order valence-electron chi connectivity index (χ0n) is 24.9. The van der Waals surface area contributed by atoms with Crippen LogP contribution in [0.1, 0.15) is 128 Å². The number of carbonyl (C=O) groups excluding carboxylic acids is 2. The number of unbranched alkanes of at least 4 members (excludes halogenated alkanes) is 13. The summed E-state index contributed by atoms with van der Waals surface area (Å²) in [7, 11) is 3.40. The summed E-state index contributed by atoms with van der Waals surface area (Å²) in [6.07, 6.45) is 19.7. The third-order valence-electron chi connectivity index (χ3n) is 7.00. The van der Waals surface area contributed by atoms with E-state index in [9.17, 15) is 14.4 Å². The van der Waals surface area contributed by atoms with E-state index in [1.807, 2.05) is 6.07 Å². The summed E-state index contributed by atoms with van der Waals surface area (Å²) in [5, 5.41) is 12.0. The lowest BCUT2D eigenvalue weighted by atomic mass is 10.0. The molecule has 1 aromatic rings. The first kappa shape index (κ1) is 34.5. The molecule has 7 nitrogen and oxygen atoms in total. The van der Waals surface area contributed by atoms with Crippen molar-refractivity contribution >= 4 is 23.5 Å². The van der Waals surface area contributed by atoms with Gasteiger partial charge in [-0.15, -0.1) is 0 Å². The van der Waals surface area contributed by atoms with Crippen LogP contribution in [0.2, 0.25) is 0 Å². The van der Waals surface area contributed by atoms with Crippen molar-refractivity contribution in [1.82, 2.24) is 4.90 Å². The molecular formula is C32H54N2O5. The summed E-state index contributed by atoms with van der Waals surface area (Å²) in [5.74, 6) is -0.352. The lowest BCUT2D eigenvalue weighted by Crippen LogP contribution is -2.21. The minimum Gasteiger partial charge on any atom is -0.493 e. The fourth-order valence-electron chi connectivity index (χ4n) is 4.56. The van der Waals surface area contributed by atoms with Crippen molar-refractivity contribution in [3.05, 3.63) is 23.8 Å². The summed E-state index contributed by atoms with van der Waals surface area (Å²) in [5.41, 5.74) is 1.39. The van der Waals surface area contributed by atoms with Gasteiger partial charge in [-0.3, -0.25) is 14.4 Å². The second kappa shape index (κ2) is 22.3. The van der Waals surface area contributed by atoms with E-state index in [-0.39, 0.29) is 24.7 Å². The van der Waals surface area contributed by atoms with Crippen molar-refractivity contribution in [3.8, 4) is 5.75 Å². The Bertz CT molecular complexity index is 825. The fourth-order valence-corrected chi connectivity index (χ4v) is 4.56. The van der Waals surface area contributed by atoms with Crippen LogP contribution in [0, 0.1) is 0 Å². The molecule has 1 aromatic carbocycles. The highest BCUT2D eigenvalue weighted by atomic mass is 16.5. The van der Waals surface area contributed by atoms with Crippen molar-refractivity contribution in [3.63, 3.8) is 0 Å². The standard InChI is InChI=1S/C32H54N2O5/c1-4-5-6-7-8-9-10-11-12-13-14-15-16-17-25-39-29-23-22-28(26-27(29)21-24-32(37)38)33-30(35)19-18-20-31(36)34(2)3/h22-23,26H,4-21,24-25H2,1-3H3,(H,33,35)(H,37,38). The molecule has 0 bridgehead atoms. The summed E-state index contributed by atoms with van der Waals surface area (Å²) in [4.78, 5) is 36.6. The molecule has 0 radical (unpaired) electrons. The van der Waals surface area contributed by atoms with Crippen molar-refractivity contribution in [2.24, 2.45) is 0 Å². The number of nitrogens with one attached hydrogen (secondary N) is 1. The van der Waals surface area contributed by atoms with E-state index >= 15 is 0 Å². The molecule has 0 atom stereocenters. The summed E-state index contributed by atoms with van der Waals surface area (Å²) < 4.78 is 6.00. The Kier molecular flexibility index (Phi) is 19.7. The molecule has 0 spiro atoms. The predicted molar refractivity (Wildman–Crippen MR) is 159 cm³/mol. The zero-order chi connectivity index (χ0) is 28.7. The molecule has 39 heavy (non-hydrogen) atoms. The SMILES string of the molecule is CCCCCCCCCCCCCCCCOc1ccc(NC(=O)CCCC(=O)N(C)C)cc1CCC(=O)O. The van der Waals surface area contributed by atoms with Crippen LogP contribution in [0.5, 0.6) is 5.75 Å². The average Bonchev–Trinajstić information content (AvgIpc) is 2.90. The van der Waals surface area contributed by atoms with Gasteiger partial charge in [0.25, 0.3) is 0 Å². The van der Waals surface area contributed by atoms with Gasteiger partial charge in [0, 0.05) is 39.0 Å². The number of rotatable bonds is 24. The molecule has 0 aliphatic rings. The van der Waals surface area contributed by atoms with Crippen LogP contribution in [0.3, 0.4) is 0 Å². The van der Waals surface area contributed by atoms with Crippen molar-refractivity contribution < 1.29 is 24.2 Å². The lowest BCUT2D eigenvalue weighted by Gasteiger charge is -2.14. The number of aliphatic carboxylic acids is 1. The molecule has 0 unspecified atom stereocenters. The van der Waals surface area contributed by atoms with Gasteiger partial charge in [-0.25, -0.2) is 0 Å². The molecule has 0 saturated carbocycles. The Hall–Kier alpha value is -2.57. The molecular weight excluding hydrogens is 492 g/mol. The maximum Gasteiger partial charge on any atom is 0.303 e. The number of aryl methyl sites for hydroxylation is 1. The van der Waals surface area contributed by atoms with E-state index in [1.165, 1.54) is 81.9 Å². The summed E-state index contributed by atoms with van der Waals surface area (Å²) in [6.45, 7) is 2.86. The van der Waals surface area contributed by atoms with Gasteiger partial charge in [0.05, 0.1) is 6.61 Å². The summed E-state index contributed by atoms with van der Waals surface area (Å²) >= 11 is 0. The third-order valence-corrected chi connectivity index (χ3v) is 7.00. The van der Waals surface area contributed by atoms with Crippen LogP contribution in [-0.2, 0) is 20.8 Å². The molecule has 0 aliphatic carbocycles. The van der Waals surface area contributed by atoms with Gasteiger partial charge in [0.2, 0.25) is 11.8 Å². The normalized spacial score (nSPS) is 10.8. The number of benzene rings is 1. The number of carboxylic acid groups (broad SMARTS) is 1. The van der Waals surface area contributed by atoms with Crippen LogP contribution < -0.4 is 10.1 Å². The number of nitrogens with zero attached hydrogens (tertiary/aromatic N) is 1. The minimum atomic E-state index is -0.868. The second-order valence-corrected chi connectivity index (χ2v) is 10.9. The van der Waals surface area contributed by atoms with Gasteiger partial charge in [-0.2, -0.15) is 0 Å². The highest BCUT2D eigenvalue weighted by Gasteiger charge is 2.11. The molecule has 222 valence electrons. The van der Waals surface area contributed by atoms with E-state index in [0.717, 1.165) is 18.4 Å². The highest BCUT2D eigenvalue weighted by Crippen LogP contribution is 2.25. The van der Waals surface area contributed by atoms with E-state index in [1.54, 1.807) is 26.2 Å². The van der Waals surface area contributed by atoms with Gasteiger partial charge in [-0.05, 0) is 43.0 Å². The van der Waals surface area contributed by atoms with Gasteiger partial charge in [-0.1, -0.05) is 90.4 Å². The Labute approximate surface area is 237 Å². The minimum absolute atomic E-state index is 0.000730. The first-order valence-corrected chi connectivity index (χ1v) is 15.3. The number of amides is 2. The predicted octanol–water partition coefficient (Wildman–Crippen LogP) is 7.76. The highest BCUT2D eigenvalue weighted by molar-refractivity contribution is 5.91. The summed E-state index contributed by atoms with van der Waals surface area (Å²) in [6, 6.07) is 5.40. The molecule has 1 rings (SSSR count). The van der Waals surface area contributed by atoms with Gasteiger partial charge in [0.15, 0.2) is 0 Å². The van der Waals surface area contributed by atoms with E-state index in [2.05, 4.69) is 12.2 Å². The molecule has 2 amide bonds. The van der Waals surface area contributed by atoms with Gasteiger partial charge in [0.1, 0.15) is 5.75 Å². The van der Waals surface area contributed by atoms with Crippen molar-refractivity contribution in [2.75, 3.05) is 26.0 Å². The van der Waals surface area contributed by atoms with Crippen LogP contribution in [0.4, 0.5) is 5.69 Å². The molecule has 0 aliphatic heterocycles. The number of carbonyl (C=O) groups is 3. The molecule has 0 aromatic heterocycles. The molecule has 7 heteroatoms. The Morgan fingerprint density at radius 1 is 0.769 bits per heavy atom. The van der Waals surface area contributed by atoms with Crippen LogP contribution >= 0.6 is 0 Å². The molecule has 0 fully saturated rings. The van der Waals surface area contributed by atoms with E-state index in [0.29, 0.717) is 37.3 Å². The zero-order valence-corrected chi connectivity index (χ0v) is 24.9. The second-order valence-electron chi connectivity index (χ2n) is 10.9. The number of hydrogen-bond donors (Lipinski definition) is 2. The van der Waals surface area contributed by atoms with Gasteiger partial charge >= 0.3 is 5.97 Å². The Balaban J connectivity index is 2.30. The van der Waals surface area contributed by atoms with E-state index in [4.69, 9.17) is 9.84 Å². The third kappa shape index (κ3) is 18.4.